The van der Waals surface area contributed by atoms with Crippen molar-refractivity contribution < 1.29 is 0 Å². The summed E-state index contributed by atoms with van der Waals surface area (Å²) >= 11 is 0. The van der Waals surface area contributed by atoms with Crippen LogP contribution in [-0.4, -0.2) is 9.13 Å². The number of nitriles is 1. The minimum Gasteiger partial charge on any atom is -0.319 e. The number of fused-ring (bicyclic) bond motifs is 6. The highest BCUT2D eigenvalue weighted by Gasteiger charge is 2.20. The second-order valence-electron chi connectivity index (χ2n) is 12.2. The van der Waals surface area contributed by atoms with Gasteiger partial charge in [-0.2, -0.15) is 5.26 Å². The molecule has 0 atom stereocenters. The molecule has 9 rings (SSSR count). The topological polar surface area (TPSA) is 42.4 Å². The van der Waals surface area contributed by atoms with E-state index in [0.717, 1.165) is 77.2 Å². The van der Waals surface area contributed by atoms with E-state index in [-0.39, 0.29) is 0 Å². The number of nitrogens with zero attached hydrogens (tertiary/aromatic N) is 5. The third-order valence-electron chi connectivity index (χ3n) is 9.62. The Hall–Kier alpha value is -7.39. The SMILES string of the molecule is [C-]#[N+]c1ccc2c(c1)c1ccccc1n2-c1cccc(C#N)c1-c1ccc(-c2cccc(-n3c4ccccc4c4ccccc43)c2[N+]#[C-])cc1. The lowest BCUT2D eigenvalue weighted by molar-refractivity contribution is 1.18. The molecule has 2 aromatic heterocycles. The van der Waals surface area contributed by atoms with E-state index in [2.05, 4.69) is 73.4 Å². The van der Waals surface area contributed by atoms with Crippen molar-refractivity contribution in [3.05, 3.63) is 180 Å². The third-order valence-corrected chi connectivity index (χ3v) is 9.62. The number of benzene rings is 7. The van der Waals surface area contributed by atoms with E-state index in [1.54, 1.807) is 0 Å². The summed E-state index contributed by atoms with van der Waals surface area (Å²) in [4.78, 5) is 7.78. The zero-order valence-electron chi connectivity index (χ0n) is 26.7. The van der Waals surface area contributed by atoms with Gasteiger partial charge in [0, 0.05) is 21.7 Å². The van der Waals surface area contributed by atoms with E-state index in [1.807, 2.05) is 103 Å². The largest absolute Gasteiger partial charge is 0.319 e. The first-order chi connectivity index (χ1) is 24.7. The zero-order valence-corrected chi connectivity index (χ0v) is 26.7. The summed E-state index contributed by atoms with van der Waals surface area (Å²) in [5.74, 6) is 0. The summed E-state index contributed by atoms with van der Waals surface area (Å²) in [6.07, 6.45) is 0. The predicted octanol–water partition coefficient (Wildman–Crippen LogP) is 12.2. The third kappa shape index (κ3) is 4.24. The maximum Gasteiger partial charge on any atom is 0.218 e. The van der Waals surface area contributed by atoms with Crippen molar-refractivity contribution in [3.8, 4) is 39.7 Å². The molecule has 2 heterocycles. The lowest BCUT2D eigenvalue weighted by atomic mass is 9.95. The van der Waals surface area contributed by atoms with Gasteiger partial charge in [-0.15, -0.1) is 0 Å². The maximum atomic E-state index is 10.3. The fraction of sp³-hybridized carbons (Fsp3) is 0. The molecule has 0 radical (unpaired) electrons. The summed E-state index contributed by atoms with van der Waals surface area (Å²) < 4.78 is 4.38. The van der Waals surface area contributed by atoms with Gasteiger partial charge in [0.05, 0.1) is 58.2 Å². The van der Waals surface area contributed by atoms with Crippen LogP contribution in [0.3, 0.4) is 0 Å². The molecule has 0 amide bonds. The molecule has 0 saturated carbocycles. The molecule has 230 valence electrons. The molecule has 0 aliphatic rings. The molecule has 0 spiro atoms. The normalized spacial score (nSPS) is 11.1. The van der Waals surface area contributed by atoms with E-state index in [4.69, 9.17) is 13.1 Å². The zero-order chi connectivity index (χ0) is 33.8. The van der Waals surface area contributed by atoms with Crippen LogP contribution in [0.5, 0.6) is 0 Å². The van der Waals surface area contributed by atoms with Gasteiger partial charge in [-0.1, -0.05) is 103 Å². The van der Waals surface area contributed by atoms with Crippen LogP contribution in [0.25, 0.3) is 86.9 Å². The molecule has 50 heavy (non-hydrogen) atoms. The Morgan fingerprint density at radius 2 is 1.02 bits per heavy atom. The monoisotopic (exact) mass is 635 g/mol. The van der Waals surface area contributed by atoms with Crippen LogP contribution >= 0.6 is 0 Å². The second-order valence-corrected chi connectivity index (χ2v) is 12.2. The van der Waals surface area contributed by atoms with Crippen molar-refractivity contribution in [3.63, 3.8) is 0 Å². The lowest BCUT2D eigenvalue weighted by Crippen LogP contribution is -1.99. The first kappa shape index (κ1) is 28.8. The Bertz CT molecular complexity index is 2900. The van der Waals surface area contributed by atoms with E-state index in [0.29, 0.717) is 16.9 Å². The molecule has 0 saturated heterocycles. The van der Waals surface area contributed by atoms with E-state index in [9.17, 15) is 5.26 Å². The quantitative estimate of drug-likeness (QED) is 0.177. The van der Waals surface area contributed by atoms with Crippen LogP contribution in [0.2, 0.25) is 0 Å². The van der Waals surface area contributed by atoms with Gasteiger partial charge in [-0.3, -0.25) is 0 Å². The fourth-order valence-electron chi connectivity index (χ4n) is 7.47. The van der Waals surface area contributed by atoms with Crippen LogP contribution < -0.4 is 0 Å². The molecule has 5 nitrogen and oxygen atoms in total. The lowest BCUT2D eigenvalue weighted by Gasteiger charge is -2.17. The Labute approximate surface area is 288 Å². The van der Waals surface area contributed by atoms with E-state index >= 15 is 0 Å². The first-order valence-corrected chi connectivity index (χ1v) is 16.2. The van der Waals surface area contributed by atoms with Gasteiger partial charge in [0.15, 0.2) is 5.69 Å². The number of rotatable bonds is 4. The minimum absolute atomic E-state index is 0.564. The maximum absolute atomic E-state index is 10.3. The molecule has 0 bridgehead atoms. The molecule has 0 aliphatic carbocycles. The summed E-state index contributed by atoms with van der Waals surface area (Å²) in [6, 6.07) is 53.1. The smallest absolute Gasteiger partial charge is 0.218 e. The van der Waals surface area contributed by atoms with E-state index < -0.39 is 0 Å². The molecule has 0 fully saturated rings. The number of aromatic nitrogens is 2. The van der Waals surface area contributed by atoms with Crippen molar-refractivity contribution in [2.24, 2.45) is 0 Å². The van der Waals surface area contributed by atoms with Gasteiger partial charge in [0.2, 0.25) is 5.69 Å². The average molecular weight is 636 g/mol. The Kier molecular flexibility index (Phi) is 6.56. The number of para-hydroxylation sites is 4. The Balaban J connectivity index is 1.21. The highest BCUT2D eigenvalue weighted by molar-refractivity contribution is 6.11. The average Bonchev–Trinajstić information content (AvgIpc) is 3.69. The van der Waals surface area contributed by atoms with Gasteiger partial charge < -0.3 is 9.13 Å². The minimum atomic E-state index is 0.564. The molecule has 5 heteroatoms. The van der Waals surface area contributed by atoms with E-state index in [1.165, 1.54) is 0 Å². The van der Waals surface area contributed by atoms with Crippen molar-refractivity contribution in [2.75, 3.05) is 0 Å². The van der Waals surface area contributed by atoms with Gasteiger partial charge in [-0.25, -0.2) is 9.69 Å². The molecule has 0 aliphatic heterocycles. The van der Waals surface area contributed by atoms with Crippen molar-refractivity contribution in [1.29, 1.82) is 5.26 Å². The standard InChI is InChI=1S/C45H25N5/c1-47-32-25-26-41-37(27-32)36-14-5-8-18-40(36)49(41)42-19-9-11-31(28-46)44(42)30-23-21-29(22-24-30)33-15-10-20-43(45(33)48-2)50-38-16-6-3-12-34(38)35-13-4-7-17-39(35)50/h3-27H. The number of hydrogen-bond donors (Lipinski definition) is 0. The van der Waals surface area contributed by atoms with Crippen molar-refractivity contribution in [1.82, 2.24) is 9.13 Å². The molecule has 0 N–H and O–H groups in total. The fourth-order valence-corrected chi connectivity index (χ4v) is 7.47. The molecule has 0 unspecified atom stereocenters. The summed E-state index contributed by atoms with van der Waals surface area (Å²) in [6.45, 7) is 15.9. The van der Waals surface area contributed by atoms with Gasteiger partial charge in [0.25, 0.3) is 0 Å². The molecular formula is C45H25N5. The Morgan fingerprint density at radius 3 is 1.64 bits per heavy atom. The molecular weight excluding hydrogens is 611 g/mol. The summed E-state index contributed by atoms with van der Waals surface area (Å²) in [7, 11) is 0. The van der Waals surface area contributed by atoms with Crippen LogP contribution in [0.1, 0.15) is 5.56 Å². The van der Waals surface area contributed by atoms with Crippen molar-refractivity contribution >= 4 is 55.0 Å². The second kappa shape index (κ2) is 11.4. The van der Waals surface area contributed by atoms with Gasteiger partial charge >= 0.3 is 0 Å². The van der Waals surface area contributed by atoms with Crippen molar-refractivity contribution in [2.45, 2.75) is 0 Å². The molecule has 9 aromatic rings. The Morgan fingerprint density at radius 1 is 0.480 bits per heavy atom. The highest BCUT2D eigenvalue weighted by atomic mass is 15.0. The predicted molar refractivity (Wildman–Crippen MR) is 203 cm³/mol. The first-order valence-electron chi connectivity index (χ1n) is 16.2. The summed E-state index contributed by atoms with van der Waals surface area (Å²) in [5, 5.41) is 14.7. The highest BCUT2D eigenvalue weighted by Crippen LogP contribution is 2.42. The molecule has 7 aromatic carbocycles. The summed E-state index contributed by atoms with van der Waals surface area (Å²) in [5.41, 5.74) is 11.0. The van der Waals surface area contributed by atoms with Crippen LogP contribution in [0.15, 0.2) is 152 Å². The number of hydrogen-bond acceptors (Lipinski definition) is 1. The van der Waals surface area contributed by atoms with Crippen LogP contribution in [-0.2, 0) is 0 Å². The van der Waals surface area contributed by atoms with Gasteiger partial charge in [-0.05, 0) is 70.6 Å². The van der Waals surface area contributed by atoms with Crippen LogP contribution in [0, 0.1) is 24.5 Å². The van der Waals surface area contributed by atoms with Gasteiger partial charge in [0.1, 0.15) is 0 Å². The van der Waals surface area contributed by atoms with Crippen LogP contribution in [0.4, 0.5) is 11.4 Å².